The Labute approximate surface area is 109 Å². The van der Waals surface area contributed by atoms with Gasteiger partial charge in [0.1, 0.15) is 0 Å². The minimum absolute atomic E-state index is 0.0250. The normalized spacial score (nSPS) is 11.0. The SMILES string of the molecule is CC(C)CN(CC(C)C)C(=O)c1cnccc1N. The predicted molar refractivity (Wildman–Crippen MR) is 74.2 cm³/mol. The highest BCUT2D eigenvalue weighted by molar-refractivity contribution is 5.98. The van der Waals surface area contributed by atoms with Crippen molar-refractivity contribution >= 4 is 11.6 Å². The van der Waals surface area contributed by atoms with E-state index in [1.807, 2.05) is 4.90 Å². The highest BCUT2D eigenvalue weighted by atomic mass is 16.2. The molecule has 100 valence electrons. The van der Waals surface area contributed by atoms with E-state index < -0.39 is 0 Å². The molecule has 4 heteroatoms. The van der Waals surface area contributed by atoms with Crippen molar-refractivity contribution in [3.05, 3.63) is 24.0 Å². The van der Waals surface area contributed by atoms with Crippen molar-refractivity contribution in [3.8, 4) is 0 Å². The van der Waals surface area contributed by atoms with Gasteiger partial charge in [-0.1, -0.05) is 27.7 Å². The van der Waals surface area contributed by atoms with Crippen LogP contribution in [0.5, 0.6) is 0 Å². The van der Waals surface area contributed by atoms with E-state index in [0.717, 1.165) is 13.1 Å². The fourth-order valence-electron chi connectivity index (χ4n) is 1.88. The van der Waals surface area contributed by atoms with Gasteiger partial charge in [0.2, 0.25) is 0 Å². The number of rotatable bonds is 5. The molecule has 1 rings (SSSR count). The van der Waals surface area contributed by atoms with Gasteiger partial charge in [-0.15, -0.1) is 0 Å². The fraction of sp³-hybridized carbons (Fsp3) is 0.571. The lowest BCUT2D eigenvalue weighted by Gasteiger charge is -2.26. The molecule has 0 aliphatic rings. The number of pyridine rings is 1. The molecular formula is C14H23N3O. The van der Waals surface area contributed by atoms with Gasteiger partial charge in [0.15, 0.2) is 0 Å². The summed E-state index contributed by atoms with van der Waals surface area (Å²) in [6.07, 6.45) is 3.15. The minimum atomic E-state index is -0.0250. The van der Waals surface area contributed by atoms with Gasteiger partial charge in [0.25, 0.3) is 5.91 Å². The summed E-state index contributed by atoms with van der Waals surface area (Å²) < 4.78 is 0. The van der Waals surface area contributed by atoms with E-state index in [-0.39, 0.29) is 5.91 Å². The summed E-state index contributed by atoms with van der Waals surface area (Å²) in [5.74, 6) is 0.846. The van der Waals surface area contributed by atoms with Gasteiger partial charge in [-0.3, -0.25) is 9.78 Å². The third kappa shape index (κ3) is 4.02. The zero-order valence-corrected chi connectivity index (χ0v) is 11.7. The van der Waals surface area contributed by atoms with Crippen molar-refractivity contribution < 1.29 is 4.79 Å². The Kier molecular flexibility index (Phi) is 5.13. The van der Waals surface area contributed by atoms with Gasteiger partial charge in [-0.2, -0.15) is 0 Å². The largest absolute Gasteiger partial charge is 0.398 e. The molecule has 4 nitrogen and oxygen atoms in total. The second-order valence-corrected chi connectivity index (χ2v) is 5.46. The monoisotopic (exact) mass is 249 g/mol. The first-order valence-electron chi connectivity index (χ1n) is 6.40. The number of hydrogen-bond donors (Lipinski definition) is 1. The molecule has 0 aliphatic heterocycles. The number of carbonyl (C=O) groups is 1. The van der Waals surface area contributed by atoms with Crippen LogP contribution in [0.4, 0.5) is 5.69 Å². The number of amides is 1. The molecule has 0 saturated heterocycles. The van der Waals surface area contributed by atoms with Crippen LogP contribution in [-0.2, 0) is 0 Å². The van der Waals surface area contributed by atoms with Crippen molar-refractivity contribution in [2.45, 2.75) is 27.7 Å². The Bertz CT molecular complexity index is 392. The molecule has 0 bridgehead atoms. The average Bonchev–Trinajstić information content (AvgIpc) is 2.26. The first-order chi connectivity index (χ1) is 8.41. The zero-order chi connectivity index (χ0) is 13.7. The van der Waals surface area contributed by atoms with E-state index in [0.29, 0.717) is 23.1 Å². The summed E-state index contributed by atoms with van der Waals surface area (Å²) >= 11 is 0. The van der Waals surface area contributed by atoms with E-state index in [1.54, 1.807) is 18.5 Å². The Morgan fingerprint density at radius 3 is 2.28 bits per heavy atom. The molecular weight excluding hydrogens is 226 g/mol. The van der Waals surface area contributed by atoms with Crippen molar-refractivity contribution in [2.24, 2.45) is 11.8 Å². The summed E-state index contributed by atoms with van der Waals surface area (Å²) in [6, 6.07) is 1.66. The number of carbonyl (C=O) groups excluding carboxylic acids is 1. The highest BCUT2D eigenvalue weighted by Crippen LogP contribution is 2.14. The molecule has 0 atom stereocenters. The first kappa shape index (κ1) is 14.5. The summed E-state index contributed by atoms with van der Waals surface area (Å²) in [6.45, 7) is 9.90. The molecule has 1 aromatic heterocycles. The number of hydrogen-bond acceptors (Lipinski definition) is 3. The number of anilines is 1. The third-order valence-electron chi connectivity index (χ3n) is 2.54. The van der Waals surface area contributed by atoms with Gasteiger partial charge >= 0.3 is 0 Å². The van der Waals surface area contributed by atoms with E-state index in [4.69, 9.17) is 5.73 Å². The lowest BCUT2D eigenvalue weighted by Crippen LogP contribution is -2.37. The van der Waals surface area contributed by atoms with E-state index in [1.165, 1.54) is 0 Å². The standard InChI is InChI=1S/C14H23N3O/c1-10(2)8-17(9-11(3)4)14(18)12-7-16-6-5-13(12)15/h5-7,10-11H,8-9H2,1-4H3,(H2,15,16). The lowest BCUT2D eigenvalue weighted by atomic mass is 10.1. The van der Waals surface area contributed by atoms with E-state index in [2.05, 4.69) is 32.7 Å². The number of nitrogen functional groups attached to an aromatic ring is 1. The molecule has 0 aliphatic carbocycles. The maximum absolute atomic E-state index is 12.4. The maximum atomic E-state index is 12.4. The van der Waals surface area contributed by atoms with Crippen molar-refractivity contribution in [3.63, 3.8) is 0 Å². The smallest absolute Gasteiger partial charge is 0.257 e. The fourth-order valence-corrected chi connectivity index (χ4v) is 1.88. The Balaban J connectivity index is 2.91. The van der Waals surface area contributed by atoms with E-state index in [9.17, 15) is 4.79 Å². The van der Waals surface area contributed by atoms with Crippen LogP contribution in [0.15, 0.2) is 18.5 Å². The molecule has 1 amide bonds. The van der Waals surface area contributed by atoms with Gasteiger partial charge in [-0.05, 0) is 17.9 Å². The predicted octanol–water partition coefficient (Wildman–Crippen LogP) is 2.42. The van der Waals surface area contributed by atoms with Crippen LogP contribution in [-0.4, -0.2) is 28.9 Å². The topological polar surface area (TPSA) is 59.2 Å². The average molecular weight is 249 g/mol. The Morgan fingerprint density at radius 1 is 1.28 bits per heavy atom. The van der Waals surface area contributed by atoms with Crippen LogP contribution in [0, 0.1) is 11.8 Å². The molecule has 0 radical (unpaired) electrons. The Morgan fingerprint density at radius 2 is 1.83 bits per heavy atom. The van der Waals surface area contributed by atoms with Crippen LogP contribution in [0.1, 0.15) is 38.1 Å². The molecule has 1 aromatic rings. The number of nitrogens with zero attached hydrogens (tertiary/aromatic N) is 2. The summed E-state index contributed by atoms with van der Waals surface area (Å²) in [7, 11) is 0. The maximum Gasteiger partial charge on any atom is 0.257 e. The van der Waals surface area contributed by atoms with Gasteiger partial charge < -0.3 is 10.6 Å². The quantitative estimate of drug-likeness (QED) is 0.871. The van der Waals surface area contributed by atoms with Crippen molar-refractivity contribution in [2.75, 3.05) is 18.8 Å². The van der Waals surface area contributed by atoms with Gasteiger partial charge in [-0.25, -0.2) is 0 Å². The summed E-state index contributed by atoms with van der Waals surface area (Å²) in [5.41, 5.74) is 6.83. The molecule has 2 N–H and O–H groups in total. The van der Waals surface area contributed by atoms with Gasteiger partial charge in [0, 0.05) is 31.2 Å². The molecule has 0 aromatic carbocycles. The highest BCUT2D eigenvalue weighted by Gasteiger charge is 2.19. The second-order valence-electron chi connectivity index (χ2n) is 5.46. The first-order valence-corrected chi connectivity index (χ1v) is 6.40. The van der Waals surface area contributed by atoms with Crippen molar-refractivity contribution in [1.82, 2.24) is 9.88 Å². The second kappa shape index (κ2) is 6.38. The molecule has 0 saturated carbocycles. The van der Waals surface area contributed by atoms with Crippen molar-refractivity contribution in [1.29, 1.82) is 0 Å². The summed E-state index contributed by atoms with van der Waals surface area (Å²) in [4.78, 5) is 18.3. The minimum Gasteiger partial charge on any atom is -0.398 e. The van der Waals surface area contributed by atoms with Crippen LogP contribution < -0.4 is 5.73 Å². The van der Waals surface area contributed by atoms with Crippen LogP contribution in [0.2, 0.25) is 0 Å². The third-order valence-corrected chi connectivity index (χ3v) is 2.54. The number of nitrogens with two attached hydrogens (primary N) is 1. The van der Waals surface area contributed by atoms with Crippen LogP contribution in [0.3, 0.4) is 0 Å². The lowest BCUT2D eigenvalue weighted by molar-refractivity contribution is 0.0716. The Hall–Kier alpha value is -1.58. The molecule has 1 heterocycles. The molecule has 18 heavy (non-hydrogen) atoms. The van der Waals surface area contributed by atoms with E-state index >= 15 is 0 Å². The van der Waals surface area contributed by atoms with Gasteiger partial charge in [0.05, 0.1) is 5.56 Å². The zero-order valence-electron chi connectivity index (χ0n) is 11.7. The summed E-state index contributed by atoms with van der Waals surface area (Å²) in [5, 5.41) is 0. The van der Waals surface area contributed by atoms with Crippen LogP contribution >= 0.6 is 0 Å². The molecule has 0 fully saturated rings. The number of aromatic nitrogens is 1. The molecule has 0 spiro atoms. The van der Waals surface area contributed by atoms with Crippen LogP contribution in [0.25, 0.3) is 0 Å². The molecule has 0 unspecified atom stereocenters.